The van der Waals surface area contributed by atoms with Crippen LogP contribution in [0.5, 0.6) is 5.88 Å². The number of rotatable bonds is 5. The van der Waals surface area contributed by atoms with E-state index in [9.17, 15) is 18.0 Å². The molecule has 156 valence electrons. The average Bonchev–Trinajstić information content (AvgIpc) is 2.73. The maximum absolute atomic E-state index is 12.9. The van der Waals surface area contributed by atoms with Crippen LogP contribution in [0.2, 0.25) is 0 Å². The monoisotopic (exact) mass is 408 g/mol. The molecule has 1 amide bonds. The standard InChI is InChI=1S/C20H23F3N4O2/c1-26(17-11-16(5-8-24-17)20(21,22)23)13-14-6-9-27(10-7-14)19(28)15-3-4-18(29-2)25-12-15/h3-5,8,11-12,14H,6-7,9-10,13H2,1-2H3. The van der Waals surface area contributed by atoms with Crippen molar-refractivity contribution >= 4 is 11.7 Å². The molecule has 1 aliphatic rings. The van der Waals surface area contributed by atoms with Crippen LogP contribution in [0.3, 0.4) is 0 Å². The number of nitrogens with zero attached hydrogens (tertiary/aromatic N) is 4. The van der Waals surface area contributed by atoms with Gasteiger partial charge >= 0.3 is 6.18 Å². The highest BCUT2D eigenvalue weighted by molar-refractivity contribution is 5.94. The van der Waals surface area contributed by atoms with Crippen molar-refractivity contribution in [3.8, 4) is 5.88 Å². The van der Waals surface area contributed by atoms with Gasteiger partial charge in [0.05, 0.1) is 18.2 Å². The van der Waals surface area contributed by atoms with Crippen molar-refractivity contribution in [2.45, 2.75) is 19.0 Å². The quantitative estimate of drug-likeness (QED) is 0.758. The van der Waals surface area contributed by atoms with E-state index in [0.29, 0.717) is 36.9 Å². The summed E-state index contributed by atoms with van der Waals surface area (Å²) in [5.41, 5.74) is -0.197. The van der Waals surface area contributed by atoms with Crippen molar-refractivity contribution in [1.29, 1.82) is 0 Å². The van der Waals surface area contributed by atoms with E-state index in [0.717, 1.165) is 25.0 Å². The molecule has 9 heteroatoms. The Morgan fingerprint density at radius 1 is 1.24 bits per heavy atom. The molecule has 1 fully saturated rings. The van der Waals surface area contributed by atoms with Crippen LogP contribution in [0, 0.1) is 5.92 Å². The molecule has 1 aliphatic heterocycles. The fourth-order valence-electron chi connectivity index (χ4n) is 3.41. The lowest BCUT2D eigenvalue weighted by atomic mass is 9.96. The Labute approximate surface area is 167 Å². The number of amides is 1. The molecule has 0 radical (unpaired) electrons. The number of hydrogen-bond donors (Lipinski definition) is 0. The summed E-state index contributed by atoms with van der Waals surface area (Å²) < 4.78 is 43.7. The molecular weight excluding hydrogens is 385 g/mol. The van der Waals surface area contributed by atoms with Crippen molar-refractivity contribution in [3.63, 3.8) is 0 Å². The van der Waals surface area contributed by atoms with Crippen molar-refractivity contribution in [3.05, 3.63) is 47.8 Å². The van der Waals surface area contributed by atoms with E-state index in [1.165, 1.54) is 19.5 Å². The fourth-order valence-corrected chi connectivity index (χ4v) is 3.41. The van der Waals surface area contributed by atoms with Crippen molar-refractivity contribution in [1.82, 2.24) is 14.9 Å². The van der Waals surface area contributed by atoms with E-state index in [-0.39, 0.29) is 11.8 Å². The van der Waals surface area contributed by atoms with Crippen LogP contribution in [0.4, 0.5) is 19.0 Å². The highest BCUT2D eigenvalue weighted by Gasteiger charge is 2.31. The van der Waals surface area contributed by atoms with Gasteiger partial charge in [0, 0.05) is 45.1 Å². The van der Waals surface area contributed by atoms with Gasteiger partial charge in [-0.25, -0.2) is 9.97 Å². The molecule has 0 atom stereocenters. The first-order chi connectivity index (χ1) is 13.8. The van der Waals surface area contributed by atoms with Gasteiger partial charge in [0.15, 0.2) is 0 Å². The number of alkyl halides is 3. The van der Waals surface area contributed by atoms with E-state index in [2.05, 4.69) is 9.97 Å². The molecule has 0 N–H and O–H groups in total. The summed E-state index contributed by atoms with van der Waals surface area (Å²) in [5.74, 6) is 0.940. The largest absolute Gasteiger partial charge is 0.481 e. The summed E-state index contributed by atoms with van der Waals surface area (Å²) in [4.78, 5) is 24.2. The molecule has 2 aromatic rings. The first-order valence-corrected chi connectivity index (χ1v) is 9.31. The van der Waals surface area contributed by atoms with Gasteiger partial charge in [-0.05, 0) is 37.0 Å². The third-order valence-corrected chi connectivity index (χ3v) is 5.09. The molecule has 2 aromatic heterocycles. The minimum Gasteiger partial charge on any atom is -0.481 e. The predicted molar refractivity (Wildman–Crippen MR) is 102 cm³/mol. The lowest BCUT2D eigenvalue weighted by Crippen LogP contribution is -2.41. The SMILES string of the molecule is COc1ccc(C(=O)N2CCC(CN(C)c3cc(C(F)(F)F)ccn3)CC2)cn1. The number of pyridine rings is 2. The predicted octanol–water partition coefficient (Wildman–Crippen LogP) is 3.49. The Balaban J connectivity index is 1.54. The number of carbonyl (C=O) groups is 1. The number of aromatic nitrogens is 2. The van der Waals surface area contributed by atoms with Gasteiger partial charge < -0.3 is 14.5 Å². The Morgan fingerprint density at radius 2 is 1.97 bits per heavy atom. The second kappa shape index (κ2) is 8.67. The molecule has 0 unspecified atom stereocenters. The summed E-state index contributed by atoms with van der Waals surface area (Å²) in [7, 11) is 3.25. The second-order valence-corrected chi connectivity index (χ2v) is 7.11. The molecule has 29 heavy (non-hydrogen) atoms. The summed E-state index contributed by atoms with van der Waals surface area (Å²) >= 11 is 0. The van der Waals surface area contributed by atoms with Gasteiger partial charge in [0.2, 0.25) is 5.88 Å². The molecule has 0 aromatic carbocycles. The first kappa shape index (κ1) is 20.9. The van der Waals surface area contributed by atoms with Crippen molar-refractivity contribution in [2.24, 2.45) is 5.92 Å². The average molecular weight is 408 g/mol. The molecule has 3 rings (SSSR count). The molecular formula is C20H23F3N4O2. The van der Waals surface area contributed by atoms with Gasteiger partial charge in [0.25, 0.3) is 5.91 Å². The smallest absolute Gasteiger partial charge is 0.416 e. The maximum atomic E-state index is 12.9. The van der Waals surface area contributed by atoms with Gasteiger partial charge in [0.1, 0.15) is 5.82 Å². The molecule has 0 saturated carbocycles. The van der Waals surface area contributed by atoms with E-state index >= 15 is 0 Å². The van der Waals surface area contributed by atoms with Gasteiger partial charge in [-0.3, -0.25) is 4.79 Å². The minimum absolute atomic E-state index is 0.0773. The molecule has 6 nitrogen and oxygen atoms in total. The Bertz CT molecular complexity index is 834. The number of anilines is 1. The fraction of sp³-hybridized carbons (Fsp3) is 0.450. The van der Waals surface area contributed by atoms with E-state index < -0.39 is 11.7 Å². The second-order valence-electron chi connectivity index (χ2n) is 7.11. The number of carbonyl (C=O) groups excluding carboxylic acids is 1. The van der Waals surface area contributed by atoms with Crippen LogP contribution in [0.15, 0.2) is 36.7 Å². The minimum atomic E-state index is -4.39. The normalized spacial score (nSPS) is 15.3. The maximum Gasteiger partial charge on any atom is 0.416 e. The summed E-state index contributed by atoms with van der Waals surface area (Å²) in [6.07, 6.45) is -0.156. The van der Waals surface area contributed by atoms with Crippen molar-refractivity contribution in [2.75, 3.05) is 38.7 Å². The third-order valence-electron chi connectivity index (χ3n) is 5.09. The number of ether oxygens (including phenoxy) is 1. The molecule has 3 heterocycles. The molecule has 1 saturated heterocycles. The Kier molecular flexibility index (Phi) is 6.24. The topological polar surface area (TPSA) is 58.6 Å². The molecule has 0 bridgehead atoms. The van der Waals surface area contributed by atoms with E-state index in [4.69, 9.17) is 4.74 Å². The van der Waals surface area contributed by atoms with Crippen LogP contribution in [-0.4, -0.2) is 54.6 Å². The third kappa shape index (κ3) is 5.16. The van der Waals surface area contributed by atoms with Gasteiger partial charge in [-0.15, -0.1) is 0 Å². The van der Waals surface area contributed by atoms with E-state index in [1.54, 1.807) is 29.0 Å². The van der Waals surface area contributed by atoms with Crippen molar-refractivity contribution < 1.29 is 22.7 Å². The number of hydrogen-bond acceptors (Lipinski definition) is 5. The van der Waals surface area contributed by atoms with E-state index in [1.807, 2.05) is 0 Å². The zero-order valence-corrected chi connectivity index (χ0v) is 16.3. The van der Waals surface area contributed by atoms with Crippen LogP contribution in [-0.2, 0) is 6.18 Å². The van der Waals surface area contributed by atoms with Gasteiger partial charge in [-0.1, -0.05) is 0 Å². The number of piperidine rings is 1. The van der Waals surface area contributed by atoms with Crippen LogP contribution in [0.25, 0.3) is 0 Å². The molecule has 0 spiro atoms. The lowest BCUT2D eigenvalue weighted by molar-refractivity contribution is -0.137. The number of halogens is 3. The summed E-state index contributed by atoms with van der Waals surface area (Å²) in [6.45, 7) is 1.78. The van der Waals surface area contributed by atoms with Crippen LogP contribution in [0.1, 0.15) is 28.8 Å². The van der Waals surface area contributed by atoms with Gasteiger partial charge in [-0.2, -0.15) is 13.2 Å². The first-order valence-electron chi connectivity index (χ1n) is 9.31. The summed E-state index contributed by atoms with van der Waals surface area (Å²) in [5, 5.41) is 0. The number of likely N-dealkylation sites (tertiary alicyclic amines) is 1. The zero-order chi connectivity index (χ0) is 21.0. The molecule has 0 aliphatic carbocycles. The Hall–Kier alpha value is -2.84. The van der Waals surface area contributed by atoms with Crippen LogP contribution < -0.4 is 9.64 Å². The zero-order valence-electron chi connectivity index (χ0n) is 16.3. The lowest BCUT2D eigenvalue weighted by Gasteiger charge is -2.34. The number of methoxy groups -OCH3 is 1. The van der Waals surface area contributed by atoms with Crippen LogP contribution >= 0.6 is 0 Å². The highest BCUT2D eigenvalue weighted by Crippen LogP contribution is 2.31. The summed E-state index contributed by atoms with van der Waals surface area (Å²) in [6, 6.07) is 5.37. The Morgan fingerprint density at radius 3 is 2.55 bits per heavy atom. The highest BCUT2D eigenvalue weighted by atomic mass is 19.4.